The molecule has 0 radical (unpaired) electrons. The molecule has 1 amide bonds. The number of nitrogens with zero attached hydrogens (tertiary/aromatic N) is 1. The van der Waals surface area contributed by atoms with E-state index in [0.29, 0.717) is 12.5 Å². The van der Waals surface area contributed by atoms with E-state index in [2.05, 4.69) is 31.3 Å². The van der Waals surface area contributed by atoms with Crippen LogP contribution in [0.2, 0.25) is 0 Å². The molecule has 2 rings (SSSR count). The van der Waals surface area contributed by atoms with E-state index in [1.807, 2.05) is 41.2 Å². The van der Waals surface area contributed by atoms with Crippen molar-refractivity contribution in [2.45, 2.75) is 26.3 Å². The first-order valence-electron chi connectivity index (χ1n) is 6.16. The van der Waals surface area contributed by atoms with Crippen LogP contribution >= 0.6 is 0 Å². The largest absolute Gasteiger partial charge is 0.345 e. The Hall–Kier alpha value is -2.03. The van der Waals surface area contributed by atoms with Crippen LogP contribution in [0.1, 0.15) is 25.3 Å². The second-order valence-electron chi connectivity index (χ2n) is 4.68. The molecule has 1 N–H and O–H groups in total. The molecule has 0 fully saturated rings. The predicted octanol–water partition coefficient (Wildman–Crippen LogP) is 3.25. The van der Waals surface area contributed by atoms with Crippen molar-refractivity contribution >= 4 is 11.6 Å². The first-order valence-corrected chi connectivity index (χ1v) is 6.16. The van der Waals surface area contributed by atoms with Gasteiger partial charge in [-0.3, -0.25) is 4.79 Å². The fourth-order valence-corrected chi connectivity index (χ4v) is 1.79. The molecule has 0 bridgehead atoms. The van der Waals surface area contributed by atoms with Crippen LogP contribution < -0.4 is 5.32 Å². The Balaban J connectivity index is 1.95. The molecule has 18 heavy (non-hydrogen) atoms. The maximum Gasteiger partial charge on any atom is 0.244 e. The van der Waals surface area contributed by atoms with Crippen LogP contribution in [-0.4, -0.2) is 10.5 Å². The Bertz CT molecular complexity index is 498. The van der Waals surface area contributed by atoms with Gasteiger partial charge in [0.15, 0.2) is 0 Å². The summed E-state index contributed by atoms with van der Waals surface area (Å²) in [6.45, 7) is 4.65. The third kappa shape index (κ3) is 3.23. The molecule has 0 spiro atoms. The highest BCUT2D eigenvalue weighted by Gasteiger charge is 2.03. The molecule has 3 nitrogen and oxygen atoms in total. The number of anilines is 1. The lowest BCUT2D eigenvalue weighted by Crippen LogP contribution is -2.17. The Morgan fingerprint density at radius 3 is 2.33 bits per heavy atom. The molecule has 0 aliphatic carbocycles. The van der Waals surface area contributed by atoms with Gasteiger partial charge in [0.05, 0.1) is 0 Å². The Morgan fingerprint density at radius 1 is 1.17 bits per heavy atom. The molecule has 0 atom stereocenters. The van der Waals surface area contributed by atoms with E-state index in [1.165, 1.54) is 5.56 Å². The quantitative estimate of drug-likeness (QED) is 0.877. The normalized spacial score (nSPS) is 10.6. The number of aromatic nitrogens is 1. The van der Waals surface area contributed by atoms with E-state index in [4.69, 9.17) is 0 Å². The molecule has 1 aromatic carbocycles. The van der Waals surface area contributed by atoms with E-state index in [1.54, 1.807) is 0 Å². The second-order valence-corrected chi connectivity index (χ2v) is 4.68. The maximum atomic E-state index is 11.8. The number of carbonyl (C=O) groups is 1. The third-order valence-electron chi connectivity index (χ3n) is 2.85. The van der Waals surface area contributed by atoms with Crippen LogP contribution in [0, 0.1) is 0 Å². The molecule has 0 aliphatic rings. The van der Waals surface area contributed by atoms with Gasteiger partial charge in [0, 0.05) is 18.1 Å². The molecule has 94 valence electrons. The fourth-order valence-electron chi connectivity index (χ4n) is 1.79. The number of hydrogen-bond acceptors (Lipinski definition) is 1. The van der Waals surface area contributed by atoms with Crippen molar-refractivity contribution in [3.8, 4) is 0 Å². The number of hydrogen-bond donors (Lipinski definition) is 1. The van der Waals surface area contributed by atoms with Crippen molar-refractivity contribution in [2.75, 3.05) is 5.32 Å². The van der Waals surface area contributed by atoms with E-state index in [9.17, 15) is 4.79 Å². The summed E-state index contributed by atoms with van der Waals surface area (Å²) in [4.78, 5) is 11.8. The van der Waals surface area contributed by atoms with Gasteiger partial charge in [-0.1, -0.05) is 26.0 Å². The number of nitrogens with one attached hydrogen (secondary N) is 1. The summed E-state index contributed by atoms with van der Waals surface area (Å²) in [6, 6.07) is 11.8. The van der Waals surface area contributed by atoms with Crippen molar-refractivity contribution in [2.24, 2.45) is 0 Å². The molecule has 1 heterocycles. The number of amides is 1. The minimum Gasteiger partial charge on any atom is -0.345 e. The summed E-state index contributed by atoms with van der Waals surface area (Å²) in [5, 5.41) is 2.89. The standard InChI is InChI=1S/C15H18N2O/c1-12(2)13-5-7-14(8-6-13)16-15(18)11-17-9-3-4-10-17/h3-10,12H,11H2,1-2H3,(H,16,18). The van der Waals surface area contributed by atoms with Crippen LogP contribution in [0.5, 0.6) is 0 Å². The monoisotopic (exact) mass is 242 g/mol. The van der Waals surface area contributed by atoms with Crippen molar-refractivity contribution < 1.29 is 4.79 Å². The maximum absolute atomic E-state index is 11.8. The Kier molecular flexibility index (Phi) is 3.82. The molecule has 0 aliphatic heterocycles. The molecule has 3 heteroatoms. The van der Waals surface area contributed by atoms with Gasteiger partial charge in [0.25, 0.3) is 0 Å². The van der Waals surface area contributed by atoms with Crippen LogP contribution in [0.15, 0.2) is 48.8 Å². The van der Waals surface area contributed by atoms with Crippen molar-refractivity contribution in [1.29, 1.82) is 0 Å². The lowest BCUT2D eigenvalue weighted by molar-refractivity contribution is -0.116. The summed E-state index contributed by atoms with van der Waals surface area (Å²) in [5.74, 6) is 0.498. The topological polar surface area (TPSA) is 34.0 Å². The first-order chi connectivity index (χ1) is 8.65. The molecule has 0 saturated heterocycles. The zero-order valence-corrected chi connectivity index (χ0v) is 10.8. The van der Waals surface area contributed by atoms with Crippen molar-refractivity contribution in [3.63, 3.8) is 0 Å². The van der Waals surface area contributed by atoms with E-state index < -0.39 is 0 Å². The number of rotatable bonds is 4. The minimum atomic E-state index is -0.0107. The first kappa shape index (κ1) is 12.4. The smallest absolute Gasteiger partial charge is 0.244 e. The summed E-state index contributed by atoms with van der Waals surface area (Å²) >= 11 is 0. The molecular weight excluding hydrogens is 224 g/mol. The Morgan fingerprint density at radius 2 is 1.78 bits per heavy atom. The summed E-state index contributed by atoms with van der Waals surface area (Å²) in [6.07, 6.45) is 3.75. The van der Waals surface area contributed by atoms with Gasteiger partial charge in [-0.05, 0) is 35.7 Å². The molecule has 2 aromatic rings. The van der Waals surface area contributed by atoms with E-state index in [-0.39, 0.29) is 5.91 Å². The highest BCUT2D eigenvalue weighted by Crippen LogP contribution is 2.17. The summed E-state index contributed by atoms with van der Waals surface area (Å²) in [7, 11) is 0. The van der Waals surface area contributed by atoms with Gasteiger partial charge >= 0.3 is 0 Å². The second kappa shape index (κ2) is 5.54. The lowest BCUT2D eigenvalue weighted by Gasteiger charge is -2.08. The molecule has 0 unspecified atom stereocenters. The zero-order chi connectivity index (χ0) is 13.0. The summed E-state index contributed by atoms with van der Waals surface area (Å²) < 4.78 is 1.85. The van der Waals surface area contributed by atoms with Crippen LogP contribution in [0.4, 0.5) is 5.69 Å². The third-order valence-corrected chi connectivity index (χ3v) is 2.85. The van der Waals surface area contributed by atoms with E-state index in [0.717, 1.165) is 5.69 Å². The minimum absolute atomic E-state index is 0.0107. The molecule has 0 saturated carbocycles. The van der Waals surface area contributed by atoms with Gasteiger partial charge in [-0.2, -0.15) is 0 Å². The summed E-state index contributed by atoms with van der Waals surface area (Å²) in [5.41, 5.74) is 2.12. The average Bonchev–Trinajstić information content (AvgIpc) is 2.82. The van der Waals surface area contributed by atoms with Gasteiger partial charge < -0.3 is 9.88 Å². The lowest BCUT2D eigenvalue weighted by atomic mass is 10.0. The van der Waals surface area contributed by atoms with E-state index >= 15 is 0 Å². The zero-order valence-electron chi connectivity index (χ0n) is 10.8. The number of carbonyl (C=O) groups excluding carboxylic acids is 1. The Labute approximate surface area is 107 Å². The number of benzene rings is 1. The van der Waals surface area contributed by atoms with Crippen molar-refractivity contribution in [3.05, 3.63) is 54.4 Å². The van der Waals surface area contributed by atoms with Crippen LogP contribution in [0.25, 0.3) is 0 Å². The molecular formula is C15H18N2O. The van der Waals surface area contributed by atoms with Gasteiger partial charge in [-0.15, -0.1) is 0 Å². The highest BCUT2D eigenvalue weighted by atomic mass is 16.1. The van der Waals surface area contributed by atoms with Gasteiger partial charge in [0.2, 0.25) is 5.91 Å². The molecule has 1 aromatic heterocycles. The highest BCUT2D eigenvalue weighted by molar-refractivity contribution is 5.90. The predicted molar refractivity (Wildman–Crippen MR) is 73.6 cm³/mol. The average molecular weight is 242 g/mol. The van der Waals surface area contributed by atoms with Crippen molar-refractivity contribution in [1.82, 2.24) is 4.57 Å². The van der Waals surface area contributed by atoms with Crippen LogP contribution in [0.3, 0.4) is 0 Å². The SMILES string of the molecule is CC(C)c1ccc(NC(=O)Cn2cccc2)cc1. The van der Waals surface area contributed by atoms with Crippen LogP contribution in [-0.2, 0) is 11.3 Å². The van der Waals surface area contributed by atoms with Gasteiger partial charge in [0.1, 0.15) is 6.54 Å². The van der Waals surface area contributed by atoms with Gasteiger partial charge in [-0.25, -0.2) is 0 Å². The fraction of sp³-hybridized carbons (Fsp3) is 0.267.